The molecule has 0 radical (unpaired) electrons. The molecule has 2 aromatic carbocycles. The van der Waals surface area contributed by atoms with Gasteiger partial charge in [0.25, 0.3) is 5.91 Å². The number of fused-ring (bicyclic) bond motifs is 1. The van der Waals surface area contributed by atoms with E-state index in [0.717, 1.165) is 22.8 Å². The number of hydrogen-bond acceptors (Lipinski definition) is 2. The van der Waals surface area contributed by atoms with Crippen molar-refractivity contribution in [1.29, 1.82) is 0 Å². The highest BCUT2D eigenvalue weighted by molar-refractivity contribution is 7.99. The molecule has 22 heavy (non-hydrogen) atoms. The molecule has 3 rings (SSSR count). The number of carbonyl (C=O) groups is 1. The van der Waals surface area contributed by atoms with Crippen LogP contribution in [0.15, 0.2) is 41.3 Å². The number of rotatable bonds is 2. The summed E-state index contributed by atoms with van der Waals surface area (Å²) in [5, 5.41) is 2.70. The van der Waals surface area contributed by atoms with Crippen molar-refractivity contribution in [3.63, 3.8) is 0 Å². The van der Waals surface area contributed by atoms with Crippen LogP contribution in [-0.2, 0) is 0 Å². The van der Waals surface area contributed by atoms with Crippen LogP contribution in [0.5, 0.6) is 0 Å². The maximum Gasteiger partial charge on any atom is 0.254 e. The first-order valence-corrected chi connectivity index (χ1v) is 7.71. The van der Waals surface area contributed by atoms with E-state index in [0.29, 0.717) is 18.1 Å². The summed E-state index contributed by atoms with van der Waals surface area (Å²) in [5.41, 5.74) is 0.463. The summed E-state index contributed by atoms with van der Waals surface area (Å²) in [6.45, 7) is 0. The summed E-state index contributed by atoms with van der Waals surface area (Å²) in [6.07, 6.45) is 0.621. The molecule has 0 bridgehead atoms. The third-order valence-electron chi connectivity index (χ3n) is 3.49. The second-order valence-electron chi connectivity index (χ2n) is 4.97. The van der Waals surface area contributed by atoms with Gasteiger partial charge in [-0.1, -0.05) is 0 Å². The Morgan fingerprint density at radius 2 is 1.82 bits per heavy atom. The van der Waals surface area contributed by atoms with E-state index >= 15 is 0 Å². The summed E-state index contributed by atoms with van der Waals surface area (Å²) in [4.78, 5) is 13.1. The molecule has 0 aliphatic carbocycles. The lowest BCUT2D eigenvalue weighted by Gasteiger charge is -2.26. The van der Waals surface area contributed by atoms with E-state index in [1.54, 1.807) is 17.8 Å². The molecular weight excluding hydrogens is 311 g/mol. The zero-order valence-corrected chi connectivity index (χ0v) is 12.2. The van der Waals surface area contributed by atoms with Crippen LogP contribution in [0.2, 0.25) is 0 Å². The van der Waals surface area contributed by atoms with Crippen LogP contribution in [0, 0.1) is 17.5 Å². The van der Waals surface area contributed by atoms with E-state index in [1.165, 1.54) is 12.1 Å². The van der Waals surface area contributed by atoms with Crippen molar-refractivity contribution >= 4 is 17.7 Å². The molecule has 0 fully saturated rings. The molecule has 2 nitrogen and oxygen atoms in total. The third kappa shape index (κ3) is 2.97. The summed E-state index contributed by atoms with van der Waals surface area (Å²) in [5.74, 6) is -1.90. The molecule has 114 valence electrons. The van der Waals surface area contributed by atoms with Gasteiger partial charge < -0.3 is 5.32 Å². The third-order valence-corrected chi connectivity index (χ3v) is 4.62. The van der Waals surface area contributed by atoms with Crippen molar-refractivity contribution in [2.75, 3.05) is 5.75 Å². The number of nitrogens with one attached hydrogen (secondary N) is 1. The van der Waals surface area contributed by atoms with Gasteiger partial charge in [0.2, 0.25) is 0 Å². The van der Waals surface area contributed by atoms with Crippen LogP contribution in [0.3, 0.4) is 0 Å². The molecule has 1 atom stereocenters. The first-order valence-electron chi connectivity index (χ1n) is 6.73. The molecule has 2 aromatic rings. The molecule has 1 N–H and O–H groups in total. The molecule has 0 aromatic heterocycles. The van der Waals surface area contributed by atoms with Crippen LogP contribution in [0.1, 0.15) is 28.4 Å². The standard InChI is InChI=1S/C16H12F3NOS/c17-9-2-4-15-12(7-9)14(5-6-22-15)20-16(21)11-3-1-10(18)8-13(11)19/h1-4,7-8,14H,5-6H2,(H,20,21). The summed E-state index contributed by atoms with van der Waals surface area (Å²) < 4.78 is 40.0. The second kappa shape index (κ2) is 6.04. The molecule has 0 saturated heterocycles. The Hall–Kier alpha value is -1.95. The highest BCUT2D eigenvalue weighted by atomic mass is 32.2. The zero-order chi connectivity index (χ0) is 15.7. The summed E-state index contributed by atoms with van der Waals surface area (Å²) in [7, 11) is 0. The Labute approximate surface area is 129 Å². The first kappa shape index (κ1) is 15.0. The highest BCUT2D eigenvalue weighted by Gasteiger charge is 2.24. The van der Waals surface area contributed by atoms with Crippen LogP contribution in [-0.4, -0.2) is 11.7 Å². The van der Waals surface area contributed by atoms with Crippen molar-refractivity contribution in [2.45, 2.75) is 17.4 Å². The molecule has 1 unspecified atom stereocenters. The first-order chi connectivity index (χ1) is 10.5. The van der Waals surface area contributed by atoms with E-state index < -0.39 is 17.5 Å². The minimum absolute atomic E-state index is 0.224. The quantitative estimate of drug-likeness (QED) is 0.902. The van der Waals surface area contributed by atoms with Crippen molar-refractivity contribution < 1.29 is 18.0 Å². The fraction of sp³-hybridized carbons (Fsp3) is 0.188. The van der Waals surface area contributed by atoms with E-state index in [1.807, 2.05) is 0 Å². The minimum Gasteiger partial charge on any atom is -0.345 e. The lowest BCUT2D eigenvalue weighted by molar-refractivity contribution is 0.0930. The molecule has 1 aliphatic rings. The zero-order valence-electron chi connectivity index (χ0n) is 11.4. The van der Waals surface area contributed by atoms with Crippen LogP contribution in [0.4, 0.5) is 13.2 Å². The Balaban J connectivity index is 1.85. The molecule has 1 heterocycles. The average Bonchev–Trinajstić information content (AvgIpc) is 2.47. The molecule has 6 heteroatoms. The number of carbonyl (C=O) groups excluding carboxylic acids is 1. The predicted octanol–water partition coefficient (Wildman–Crippen LogP) is 4.07. The number of benzene rings is 2. The number of halogens is 3. The average molecular weight is 323 g/mol. The van der Waals surface area contributed by atoms with E-state index in [9.17, 15) is 18.0 Å². The van der Waals surface area contributed by atoms with Gasteiger partial charge >= 0.3 is 0 Å². The van der Waals surface area contributed by atoms with Gasteiger partial charge in [-0.15, -0.1) is 11.8 Å². The van der Waals surface area contributed by atoms with Gasteiger partial charge in [0.1, 0.15) is 17.5 Å². The number of thioether (sulfide) groups is 1. The Morgan fingerprint density at radius 1 is 1.09 bits per heavy atom. The van der Waals surface area contributed by atoms with Crippen LogP contribution >= 0.6 is 11.8 Å². The lowest BCUT2D eigenvalue weighted by atomic mass is 10.0. The SMILES string of the molecule is O=C(NC1CCSc2ccc(F)cc21)c1ccc(F)cc1F. The van der Waals surface area contributed by atoms with Gasteiger partial charge in [0.05, 0.1) is 11.6 Å². The second-order valence-corrected chi connectivity index (χ2v) is 6.11. The normalized spacial score (nSPS) is 17.0. The monoisotopic (exact) mass is 323 g/mol. The molecule has 1 amide bonds. The van der Waals surface area contributed by atoms with Crippen molar-refractivity contribution in [1.82, 2.24) is 5.32 Å². The number of amides is 1. The van der Waals surface area contributed by atoms with Crippen molar-refractivity contribution in [3.8, 4) is 0 Å². The number of hydrogen-bond donors (Lipinski definition) is 1. The maximum atomic E-state index is 13.7. The molecule has 1 aliphatic heterocycles. The Bertz CT molecular complexity index is 735. The fourth-order valence-corrected chi connectivity index (χ4v) is 3.53. The van der Waals surface area contributed by atoms with E-state index in [4.69, 9.17) is 0 Å². The van der Waals surface area contributed by atoms with Gasteiger partial charge in [-0.2, -0.15) is 0 Å². The Kier molecular flexibility index (Phi) is 4.11. The topological polar surface area (TPSA) is 29.1 Å². The van der Waals surface area contributed by atoms with Gasteiger partial charge in [0.15, 0.2) is 0 Å². The molecule has 0 spiro atoms. The Morgan fingerprint density at radius 3 is 2.59 bits per heavy atom. The largest absolute Gasteiger partial charge is 0.345 e. The van der Waals surface area contributed by atoms with Gasteiger partial charge in [-0.3, -0.25) is 4.79 Å². The highest BCUT2D eigenvalue weighted by Crippen LogP contribution is 2.36. The van der Waals surface area contributed by atoms with Gasteiger partial charge in [0, 0.05) is 16.7 Å². The van der Waals surface area contributed by atoms with Crippen molar-refractivity contribution in [2.24, 2.45) is 0 Å². The van der Waals surface area contributed by atoms with Crippen molar-refractivity contribution in [3.05, 3.63) is 65.0 Å². The van der Waals surface area contributed by atoms with Gasteiger partial charge in [-0.25, -0.2) is 13.2 Å². The maximum absolute atomic E-state index is 13.7. The smallest absolute Gasteiger partial charge is 0.254 e. The molecular formula is C16H12F3NOS. The van der Waals surface area contributed by atoms with E-state index in [2.05, 4.69) is 5.32 Å². The minimum atomic E-state index is -0.915. The fourth-order valence-electron chi connectivity index (χ4n) is 2.42. The summed E-state index contributed by atoms with van der Waals surface area (Å²) in [6, 6.07) is 6.84. The van der Waals surface area contributed by atoms with Crippen LogP contribution < -0.4 is 5.32 Å². The summed E-state index contributed by atoms with van der Waals surface area (Å²) >= 11 is 1.59. The van der Waals surface area contributed by atoms with Gasteiger partial charge in [-0.05, 0) is 42.3 Å². The van der Waals surface area contributed by atoms with Crippen LogP contribution in [0.25, 0.3) is 0 Å². The predicted molar refractivity (Wildman–Crippen MR) is 78.3 cm³/mol. The molecule has 0 saturated carbocycles. The van der Waals surface area contributed by atoms with E-state index in [-0.39, 0.29) is 17.4 Å². The lowest BCUT2D eigenvalue weighted by Crippen LogP contribution is -2.31.